The summed E-state index contributed by atoms with van der Waals surface area (Å²) in [6.07, 6.45) is 1.81. The van der Waals surface area contributed by atoms with Crippen molar-refractivity contribution in [3.63, 3.8) is 0 Å². The van der Waals surface area contributed by atoms with Crippen LogP contribution in [0.4, 0.5) is 5.82 Å². The molecular formula is C15H23N5O2. The Labute approximate surface area is 130 Å². The fraction of sp³-hybridized carbons (Fsp3) is 0.600. The Morgan fingerprint density at radius 2 is 2.00 bits per heavy atom. The molecule has 1 aliphatic heterocycles. The first-order valence-electron chi connectivity index (χ1n) is 7.66. The van der Waals surface area contributed by atoms with E-state index >= 15 is 0 Å². The quantitative estimate of drug-likeness (QED) is 0.776. The van der Waals surface area contributed by atoms with Crippen LogP contribution in [0, 0.1) is 5.92 Å². The second-order valence-electron chi connectivity index (χ2n) is 5.84. The number of carbonyl (C=O) groups excluding carboxylic acids is 2. The number of nitrogens with one attached hydrogen (secondary N) is 1. The number of aromatic nitrogens is 2. The lowest BCUT2D eigenvalue weighted by molar-refractivity contribution is -0.118. The Balaban J connectivity index is 1.87. The Bertz CT molecular complexity index is 495. The summed E-state index contributed by atoms with van der Waals surface area (Å²) in [4.78, 5) is 26.4. The average molecular weight is 305 g/mol. The van der Waals surface area contributed by atoms with Crippen LogP contribution < -0.4 is 10.2 Å². The Morgan fingerprint density at radius 3 is 2.55 bits per heavy atom. The first-order chi connectivity index (χ1) is 10.6. The molecule has 2 amide bonds. The second kappa shape index (κ2) is 7.72. The molecule has 1 aliphatic rings. The van der Waals surface area contributed by atoms with Gasteiger partial charge in [-0.2, -0.15) is 0 Å². The van der Waals surface area contributed by atoms with Crippen LogP contribution in [0.15, 0.2) is 12.1 Å². The molecule has 1 saturated heterocycles. The van der Waals surface area contributed by atoms with Crippen molar-refractivity contribution in [3.8, 4) is 0 Å². The van der Waals surface area contributed by atoms with E-state index in [1.807, 2.05) is 0 Å². The van der Waals surface area contributed by atoms with Crippen LogP contribution in [-0.4, -0.2) is 60.1 Å². The SMILES string of the molecule is CC(C)CCNC(=O)c1ccc(N2CCN(C=O)CC2)nn1. The number of hydrogen-bond donors (Lipinski definition) is 1. The molecule has 1 N–H and O–H groups in total. The Kier molecular flexibility index (Phi) is 5.68. The van der Waals surface area contributed by atoms with E-state index < -0.39 is 0 Å². The zero-order chi connectivity index (χ0) is 15.9. The molecule has 0 aliphatic carbocycles. The van der Waals surface area contributed by atoms with Gasteiger partial charge in [0.2, 0.25) is 6.41 Å². The van der Waals surface area contributed by atoms with E-state index in [0.717, 1.165) is 31.7 Å². The van der Waals surface area contributed by atoms with Gasteiger partial charge in [-0.05, 0) is 24.5 Å². The molecule has 1 fully saturated rings. The molecule has 1 aromatic heterocycles. The highest BCUT2D eigenvalue weighted by molar-refractivity contribution is 5.92. The molecule has 2 heterocycles. The summed E-state index contributed by atoms with van der Waals surface area (Å²) < 4.78 is 0. The summed E-state index contributed by atoms with van der Waals surface area (Å²) in [6.45, 7) is 7.70. The standard InChI is InChI=1S/C15H23N5O2/c1-12(2)5-6-16-15(22)13-3-4-14(18-17-13)20-9-7-19(11-21)8-10-20/h3-4,11-12H,5-10H2,1-2H3,(H,16,22). The maximum atomic E-state index is 11.9. The molecule has 7 nitrogen and oxygen atoms in total. The molecule has 0 saturated carbocycles. The van der Waals surface area contributed by atoms with E-state index in [1.54, 1.807) is 17.0 Å². The van der Waals surface area contributed by atoms with Gasteiger partial charge in [-0.1, -0.05) is 13.8 Å². The van der Waals surface area contributed by atoms with Gasteiger partial charge in [-0.15, -0.1) is 10.2 Å². The molecule has 2 rings (SSSR count). The number of carbonyl (C=O) groups is 2. The fourth-order valence-corrected chi connectivity index (χ4v) is 2.24. The summed E-state index contributed by atoms with van der Waals surface area (Å²) >= 11 is 0. The average Bonchev–Trinajstić information content (AvgIpc) is 2.54. The molecule has 0 atom stereocenters. The number of hydrogen-bond acceptors (Lipinski definition) is 5. The first-order valence-corrected chi connectivity index (χ1v) is 7.66. The monoisotopic (exact) mass is 305 g/mol. The van der Waals surface area contributed by atoms with E-state index in [2.05, 4.69) is 34.3 Å². The first kappa shape index (κ1) is 16.2. The summed E-state index contributed by atoms with van der Waals surface area (Å²) in [5.41, 5.74) is 0.332. The molecule has 0 unspecified atom stereocenters. The van der Waals surface area contributed by atoms with E-state index in [1.165, 1.54) is 0 Å². The zero-order valence-corrected chi connectivity index (χ0v) is 13.2. The van der Waals surface area contributed by atoms with Gasteiger partial charge in [0.25, 0.3) is 5.91 Å². The molecule has 120 valence electrons. The molecule has 0 spiro atoms. The van der Waals surface area contributed by atoms with Crippen LogP contribution in [-0.2, 0) is 4.79 Å². The highest BCUT2D eigenvalue weighted by Gasteiger charge is 2.17. The fourth-order valence-electron chi connectivity index (χ4n) is 2.24. The largest absolute Gasteiger partial charge is 0.352 e. The van der Waals surface area contributed by atoms with Crippen LogP contribution in [0.2, 0.25) is 0 Å². The Morgan fingerprint density at radius 1 is 1.27 bits per heavy atom. The smallest absolute Gasteiger partial charge is 0.271 e. The van der Waals surface area contributed by atoms with Gasteiger partial charge >= 0.3 is 0 Å². The molecule has 22 heavy (non-hydrogen) atoms. The van der Waals surface area contributed by atoms with Crippen molar-refractivity contribution in [1.82, 2.24) is 20.4 Å². The van der Waals surface area contributed by atoms with Crippen LogP contribution in [0.25, 0.3) is 0 Å². The maximum Gasteiger partial charge on any atom is 0.271 e. The summed E-state index contributed by atoms with van der Waals surface area (Å²) in [6, 6.07) is 3.50. The molecule has 0 radical (unpaired) electrons. The molecule has 0 aromatic carbocycles. The van der Waals surface area contributed by atoms with Crippen LogP contribution >= 0.6 is 0 Å². The zero-order valence-electron chi connectivity index (χ0n) is 13.2. The van der Waals surface area contributed by atoms with Crippen molar-refractivity contribution in [1.29, 1.82) is 0 Å². The minimum atomic E-state index is -0.189. The normalized spacial score (nSPS) is 15.0. The van der Waals surface area contributed by atoms with Crippen molar-refractivity contribution >= 4 is 18.1 Å². The summed E-state index contributed by atoms with van der Waals surface area (Å²) in [5, 5.41) is 11.0. The predicted octanol–water partition coefficient (Wildman–Crippen LogP) is 0.531. The third-order valence-electron chi connectivity index (χ3n) is 3.68. The number of rotatable bonds is 6. The lowest BCUT2D eigenvalue weighted by Gasteiger charge is -2.32. The number of amides is 2. The van der Waals surface area contributed by atoms with Crippen molar-refractivity contribution < 1.29 is 9.59 Å². The summed E-state index contributed by atoms with van der Waals surface area (Å²) in [7, 11) is 0. The topological polar surface area (TPSA) is 78.4 Å². The van der Waals surface area contributed by atoms with Crippen LogP contribution in [0.1, 0.15) is 30.8 Å². The maximum absolute atomic E-state index is 11.9. The predicted molar refractivity (Wildman–Crippen MR) is 83.7 cm³/mol. The summed E-state index contributed by atoms with van der Waals surface area (Å²) in [5.74, 6) is 1.11. The van der Waals surface area contributed by atoms with Gasteiger partial charge in [0.05, 0.1) is 0 Å². The number of anilines is 1. The molecule has 1 aromatic rings. The lowest BCUT2D eigenvalue weighted by atomic mass is 10.1. The van der Waals surface area contributed by atoms with Gasteiger partial charge in [0.15, 0.2) is 11.5 Å². The van der Waals surface area contributed by atoms with E-state index in [-0.39, 0.29) is 5.91 Å². The van der Waals surface area contributed by atoms with E-state index in [4.69, 9.17) is 0 Å². The van der Waals surface area contributed by atoms with E-state index in [0.29, 0.717) is 31.2 Å². The van der Waals surface area contributed by atoms with Gasteiger partial charge in [0.1, 0.15) is 0 Å². The lowest BCUT2D eigenvalue weighted by Crippen LogP contribution is -2.46. The van der Waals surface area contributed by atoms with E-state index in [9.17, 15) is 9.59 Å². The van der Waals surface area contributed by atoms with Crippen molar-refractivity contribution in [3.05, 3.63) is 17.8 Å². The number of piperazine rings is 1. The minimum absolute atomic E-state index is 0.189. The van der Waals surface area contributed by atoms with Crippen LogP contribution in [0.5, 0.6) is 0 Å². The van der Waals surface area contributed by atoms with Crippen molar-refractivity contribution in [2.45, 2.75) is 20.3 Å². The second-order valence-corrected chi connectivity index (χ2v) is 5.84. The third-order valence-corrected chi connectivity index (χ3v) is 3.68. The van der Waals surface area contributed by atoms with Crippen LogP contribution in [0.3, 0.4) is 0 Å². The minimum Gasteiger partial charge on any atom is -0.352 e. The van der Waals surface area contributed by atoms with Gasteiger partial charge in [0, 0.05) is 32.7 Å². The third kappa shape index (κ3) is 4.41. The highest BCUT2D eigenvalue weighted by atomic mass is 16.2. The molecular weight excluding hydrogens is 282 g/mol. The number of nitrogens with zero attached hydrogens (tertiary/aromatic N) is 4. The van der Waals surface area contributed by atoms with Crippen molar-refractivity contribution in [2.24, 2.45) is 5.92 Å². The molecule has 0 bridgehead atoms. The van der Waals surface area contributed by atoms with Gasteiger partial charge < -0.3 is 15.1 Å². The Hall–Kier alpha value is -2.18. The molecule has 7 heteroatoms. The van der Waals surface area contributed by atoms with Gasteiger partial charge in [-0.3, -0.25) is 9.59 Å². The van der Waals surface area contributed by atoms with Crippen molar-refractivity contribution in [2.75, 3.05) is 37.6 Å². The van der Waals surface area contributed by atoms with Gasteiger partial charge in [-0.25, -0.2) is 0 Å². The highest BCUT2D eigenvalue weighted by Crippen LogP contribution is 2.12.